The highest BCUT2D eigenvalue weighted by Crippen LogP contribution is 2.20. The summed E-state index contributed by atoms with van der Waals surface area (Å²) >= 11 is 5.88. The summed E-state index contributed by atoms with van der Waals surface area (Å²) in [4.78, 5) is 0. The quantitative estimate of drug-likeness (QED) is 0.807. The number of rotatable bonds is 7. The van der Waals surface area contributed by atoms with Gasteiger partial charge in [-0.05, 0) is 42.9 Å². The maximum absolute atomic E-state index is 5.88. The van der Waals surface area contributed by atoms with Crippen LogP contribution in [0.3, 0.4) is 0 Å². The molecule has 94 valence electrons. The zero-order valence-corrected chi connectivity index (χ0v) is 11.0. The number of ether oxygens (including phenoxy) is 1. The molecule has 0 spiro atoms. The Morgan fingerprint density at radius 1 is 1.35 bits per heavy atom. The fourth-order valence-corrected chi connectivity index (χ4v) is 2.13. The van der Waals surface area contributed by atoms with E-state index >= 15 is 0 Å². The Bertz CT molecular complexity index is 335. The van der Waals surface area contributed by atoms with Gasteiger partial charge in [-0.3, -0.25) is 0 Å². The van der Waals surface area contributed by atoms with E-state index in [1.54, 1.807) is 7.11 Å². The highest BCUT2D eigenvalue weighted by atomic mass is 35.5. The molecule has 0 aliphatic heterocycles. The molecule has 0 radical (unpaired) electrons. The lowest BCUT2D eigenvalue weighted by Gasteiger charge is -2.16. The number of methoxy groups -OCH3 is 1. The Kier molecular flexibility index (Phi) is 4.84. The van der Waals surface area contributed by atoms with Crippen molar-refractivity contribution in [2.75, 3.05) is 20.3 Å². The summed E-state index contributed by atoms with van der Waals surface area (Å²) in [6, 6.07) is 8.87. The van der Waals surface area contributed by atoms with Gasteiger partial charge < -0.3 is 10.1 Å². The molecule has 3 heteroatoms. The minimum absolute atomic E-state index is 0.543. The van der Waals surface area contributed by atoms with E-state index in [0.29, 0.717) is 5.92 Å². The molecule has 1 aliphatic carbocycles. The lowest BCUT2D eigenvalue weighted by molar-refractivity contribution is 0.150. The largest absolute Gasteiger partial charge is 0.384 e. The van der Waals surface area contributed by atoms with E-state index in [1.165, 1.54) is 18.4 Å². The second-order valence-corrected chi connectivity index (χ2v) is 5.27. The third kappa shape index (κ3) is 4.66. The van der Waals surface area contributed by atoms with Crippen molar-refractivity contribution in [2.45, 2.75) is 25.3 Å². The molecule has 0 bridgehead atoms. The highest BCUT2D eigenvalue weighted by Gasteiger charge is 2.21. The lowest BCUT2D eigenvalue weighted by atomic mass is 10.00. The van der Waals surface area contributed by atoms with Crippen LogP contribution in [0, 0.1) is 5.92 Å². The average Bonchev–Trinajstić information content (AvgIpc) is 3.13. The summed E-state index contributed by atoms with van der Waals surface area (Å²) in [5.41, 5.74) is 1.33. The number of hydrogen-bond donors (Lipinski definition) is 1. The van der Waals surface area contributed by atoms with Gasteiger partial charge in [0.05, 0.1) is 6.61 Å². The van der Waals surface area contributed by atoms with Gasteiger partial charge >= 0.3 is 0 Å². The maximum Gasteiger partial charge on any atom is 0.0505 e. The molecule has 1 aliphatic rings. The van der Waals surface area contributed by atoms with Crippen LogP contribution in [0.4, 0.5) is 0 Å². The van der Waals surface area contributed by atoms with Gasteiger partial charge in [-0.25, -0.2) is 0 Å². The minimum Gasteiger partial charge on any atom is -0.384 e. The standard InChI is InChI=1S/C14H20ClNO/c1-17-10-12(9-16-14-6-7-14)8-11-2-4-13(15)5-3-11/h2-5,12,14,16H,6-10H2,1H3. The van der Waals surface area contributed by atoms with Crippen molar-refractivity contribution in [1.29, 1.82) is 0 Å². The van der Waals surface area contributed by atoms with Gasteiger partial charge in [-0.1, -0.05) is 23.7 Å². The van der Waals surface area contributed by atoms with E-state index in [0.717, 1.165) is 30.6 Å². The Morgan fingerprint density at radius 3 is 2.65 bits per heavy atom. The molecule has 1 N–H and O–H groups in total. The summed E-state index contributed by atoms with van der Waals surface area (Å²) < 4.78 is 5.29. The smallest absolute Gasteiger partial charge is 0.0505 e. The number of hydrogen-bond acceptors (Lipinski definition) is 2. The average molecular weight is 254 g/mol. The van der Waals surface area contributed by atoms with Gasteiger partial charge in [-0.15, -0.1) is 0 Å². The Morgan fingerprint density at radius 2 is 2.06 bits per heavy atom. The number of benzene rings is 1. The van der Waals surface area contributed by atoms with Gasteiger partial charge in [0.1, 0.15) is 0 Å². The van der Waals surface area contributed by atoms with Crippen molar-refractivity contribution < 1.29 is 4.74 Å². The summed E-state index contributed by atoms with van der Waals surface area (Å²) in [7, 11) is 1.77. The summed E-state index contributed by atoms with van der Waals surface area (Å²) in [6.07, 6.45) is 3.71. The zero-order valence-electron chi connectivity index (χ0n) is 10.3. The molecule has 17 heavy (non-hydrogen) atoms. The molecule has 1 aromatic rings. The molecule has 0 saturated heterocycles. The molecule has 1 unspecified atom stereocenters. The van der Waals surface area contributed by atoms with Crippen molar-refractivity contribution in [2.24, 2.45) is 5.92 Å². The molecular weight excluding hydrogens is 234 g/mol. The van der Waals surface area contributed by atoms with Crippen LogP contribution in [-0.4, -0.2) is 26.3 Å². The lowest BCUT2D eigenvalue weighted by Crippen LogP contribution is -2.28. The van der Waals surface area contributed by atoms with Gasteiger partial charge in [-0.2, -0.15) is 0 Å². The molecule has 2 rings (SSSR count). The molecule has 1 aromatic carbocycles. The van der Waals surface area contributed by atoms with Gasteiger partial charge in [0.15, 0.2) is 0 Å². The SMILES string of the molecule is COCC(CNC1CC1)Cc1ccc(Cl)cc1. The Hall–Kier alpha value is -0.570. The van der Waals surface area contributed by atoms with Crippen LogP contribution in [-0.2, 0) is 11.2 Å². The van der Waals surface area contributed by atoms with Crippen LogP contribution in [0.2, 0.25) is 5.02 Å². The van der Waals surface area contributed by atoms with Crippen molar-refractivity contribution in [3.8, 4) is 0 Å². The van der Waals surface area contributed by atoms with E-state index in [4.69, 9.17) is 16.3 Å². The number of nitrogens with one attached hydrogen (secondary N) is 1. The summed E-state index contributed by atoms with van der Waals surface area (Å²) in [6.45, 7) is 1.85. The van der Waals surface area contributed by atoms with Crippen molar-refractivity contribution in [3.63, 3.8) is 0 Å². The van der Waals surface area contributed by atoms with E-state index < -0.39 is 0 Å². The molecule has 1 saturated carbocycles. The van der Waals surface area contributed by atoms with Crippen LogP contribution in [0.25, 0.3) is 0 Å². The third-order valence-corrected chi connectivity index (χ3v) is 3.36. The van der Waals surface area contributed by atoms with E-state index in [1.807, 2.05) is 12.1 Å². The van der Waals surface area contributed by atoms with Crippen LogP contribution >= 0.6 is 11.6 Å². The van der Waals surface area contributed by atoms with Crippen molar-refractivity contribution in [1.82, 2.24) is 5.32 Å². The fraction of sp³-hybridized carbons (Fsp3) is 0.571. The zero-order chi connectivity index (χ0) is 12.1. The second kappa shape index (κ2) is 6.39. The van der Waals surface area contributed by atoms with Crippen LogP contribution in [0.15, 0.2) is 24.3 Å². The molecule has 1 atom stereocenters. The van der Waals surface area contributed by atoms with Gasteiger partial charge in [0, 0.05) is 24.7 Å². The molecular formula is C14H20ClNO. The van der Waals surface area contributed by atoms with Crippen LogP contribution in [0.1, 0.15) is 18.4 Å². The predicted molar refractivity (Wildman–Crippen MR) is 71.5 cm³/mol. The van der Waals surface area contributed by atoms with E-state index in [2.05, 4.69) is 17.4 Å². The first-order valence-electron chi connectivity index (χ1n) is 6.24. The fourth-order valence-electron chi connectivity index (χ4n) is 2.00. The van der Waals surface area contributed by atoms with Crippen molar-refractivity contribution >= 4 is 11.6 Å². The first-order chi connectivity index (χ1) is 8.28. The maximum atomic E-state index is 5.88. The first kappa shape index (κ1) is 12.9. The minimum atomic E-state index is 0.543. The van der Waals surface area contributed by atoms with Crippen LogP contribution < -0.4 is 5.32 Å². The van der Waals surface area contributed by atoms with Crippen LogP contribution in [0.5, 0.6) is 0 Å². The van der Waals surface area contributed by atoms with E-state index in [9.17, 15) is 0 Å². The monoisotopic (exact) mass is 253 g/mol. The summed E-state index contributed by atoms with van der Waals surface area (Å²) in [5, 5.41) is 4.37. The van der Waals surface area contributed by atoms with Gasteiger partial charge in [0.25, 0.3) is 0 Å². The van der Waals surface area contributed by atoms with Gasteiger partial charge in [0.2, 0.25) is 0 Å². The Labute approximate surface area is 108 Å². The molecule has 0 amide bonds. The normalized spacial score (nSPS) is 17.1. The molecule has 0 aromatic heterocycles. The predicted octanol–water partition coefficient (Wildman–Crippen LogP) is 2.90. The van der Waals surface area contributed by atoms with E-state index in [-0.39, 0.29) is 0 Å². The first-order valence-corrected chi connectivity index (χ1v) is 6.62. The Balaban J connectivity index is 1.84. The number of halogens is 1. The molecule has 2 nitrogen and oxygen atoms in total. The second-order valence-electron chi connectivity index (χ2n) is 4.83. The molecule has 0 heterocycles. The molecule has 1 fully saturated rings. The highest BCUT2D eigenvalue weighted by molar-refractivity contribution is 6.30. The summed E-state index contributed by atoms with van der Waals surface area (Å²) in [5.74, 6) is 0.543. The third-order valence-electron chi connectivity index (χ3n) is 3.11. The van der Waals surface area contributed by atoms with Crippen molar-refractivity contribution in [3.05, 3.63) is 34.9 Å². The topological polar surface area (TPSA) is 21.3 Å².